The van der Waals surface area contributed by atoms with Crippen molar-refractivity contribution in [1.29, 1.82) is 0 Å². The first-order chi connectivity index (χ1) is 13.1. The van der Waals surface area contributed by atoms with Crippen LogP contribution >= 0.6 is 0 Å². The number of benzene rings is 1. The fourth-order valence-electron chi connectivity index (χ4n) is 3.44. The first kappa shape index (κ1) is 21.5. The quantitative estimate of drug-likeness (QED) is 0.391. The van der Waals surface area contributed by atoms with E-state index in [1.54, 1.807) is 0 Å². The summed E-state index contributed by atoms with van der Waals surface area (Å²) < 4.78 is 0. The zero-order valence-electron chi connectivity index (χ0n) is 17.6. The van der Waals surface area contributed by atoms with Crippen LogP contribution in [0.1, 0.15) is 20.3 Å². The Morgan fingerprint density at radius 3 is 2.48 bits per heavy atom. The smallest absolute Gasteiger partial charge is 0.191 e. The SMILES string of the molecule is CCN(CCCNC(=NC)NCC(C)N1CCN(C)CC1)c1ccccc1. The van der Waals surface area contributed by atoms with Crippen molar-refractivity contribution in [2.75, 3.05) is 71.4 Å². The minimum atomic E-state index is 0.519. The van der Waals surface area contributed by atoms with E-state index in [-0.39, 0.29) is 0 Å². The van der Waals surface area contributed by atoms with Gasteiger partial charge in [-0.2, -0.15) is 0 Å². The molecule has 1 unspecified atom stereocenters. The van der Waals surface area contributed by atoms with Crippen LogP contribution in [0.25, 0.3) is 0 Å². The van der Waals surface area contributed by atoms with E-state index in [0.29, 0.717) is 6.04 Å². The van der Waals surface area contributed by atoms with E-state index in [9.17, 15) is 0 Å². The Bertz CT molecular complexity index is 539. The maximum Gasteiger partial charge on any atom is 0.191 e. The Labute approximate surface area is 165 Å². The van der Waals surface area contributed by atoms with Crippen molar-refractivity contribution in [2.45, 2.75) is 26.3 Å². The number of guanidine groups is 1. The maximum absolute atomic E-state index is 4.37. The Kier molecular flexibility index (Phi) is 9.42. The molecule has 1 saturated heterocycles. The number of hydrogen-bond donors (Lipinski definition) is 2. The summed E-state index contributed by atoms with van der Waals surface area (Å²) in [6.45, 7) is 13.0. The fourth-order valence-corrected chi connectivity index (χ4v) is 3.44. The molecule has 2 N–H and O–H groups in total. The summed E-state index contributed by atoms with van der Waals surface area (Å²) in [5, 5.41) is 6.93. The Balaban J connectivity index is 1.65. The standard InChI is InChI=1S/C21H38N6/c1-5-26(20-10-7-6-8-11-20)13-9-12-23-21(22-3)24-18-19(2)27-16-14-25(4)15-17-27/h6-8,10-11,19H,5,9,12-18H2,1-4H3,(H2,22,23,24). The largest absolute Gasteiger partial charge is 0.372 e. The van der Waals surface area contributed by atoms with Gasteiger partial charge in [0, 0.05) is 71.1 Å². The molecule has 1 aliphatic heterocycles. The van der Waals surface area contributed by atoms with Crippen molar-refractivity contribution in [2.24, 2.45) is 4.99 Å². The molecule has 6 nitrogen and oxygen atoms in total. The van der Waals surface area contributed by atoms with Crippen molar-refractivity contribution in [3.63, 3.8) is 0 Å². The lowest BCUT2D eigenvalue weighted by Gasteiger charge is -2.36. The van der Waals surface area contributed by atoms with Gasteiger partial charge in [-0.15, -0.1) is 0 Å². The van der Waals surface area contributed by atoms with Crippen LogP contribution in [0, 0.1) is 0 Å². The summed E-state index contributed by atoms with van der Waals surface area (Å²) in [6, 6.07) is 11.1. The molecule has 0 aromatic heterocycles. The highest BCUT2D eigenvalue weighted by Gasteiger charge is 2.19. The minimum absolute atomic E-state index is 0.519. The van der Waals surface area contributed by atoms with Crippen LogP contribution in [-0.2, 0) is 0 Å². The van der Waals surface area contributed by atoms with Crippen LogP contribution in [-0.4, -0.2) is 88.3 Å². The summed E-state index contributed by atoms with van der Waals surface area (Å²) in [4.78, 5) is 11.7. The molecular formula is C21H38N6. The summed E-state index contributed by atoms with van der Waals surface area (Å²) in [7, 11) is 4.04. The molecule has 1 fully saturated rings. The van der Waals surface area contributed by atoms with Gasteiger partial charge in [-0.25, -0.2) is 0 Å². The number of likely N-dealkylation sites (N-methyl/N-ethyl adjacent to an activating group) is 1. The van der Waals surface area contributed by atoms with Crippen LogP contribution in [0.5, 0.6) is 0 Å². The number of anilines is 1. The third kappa shape index (κ3) is 7.39. The Morgan fingerprint density at radius 1 is 1.15 bits per heavy atom. The second-order valence-corrected chi connectivity index (χ2v) is 7.34. The number of para-hydroxylation sites is 1. The zero-order chi connectivity index (χ0) is 19.5. The Morgan fingerprint density at radius 2 is 1.85 bits per heavy atom. The molecule has 1 aliphatic rings. The van der Waals surface area contributed by atoms with E-state index in [1.807, 2.05) is 7.05 Å². The van der Waals surface area contributed by atoms with E-state index in [4.69, 9.17) is 0 Å². The van der Waals surface area contributed by atoms with Crippen molar-refractivity contribution >= 4 is 11.6 Å². The predicted molar refractivity (Wildman–Crippen MR) is 117 cm³/mol. The molecule has 27 heavy (non-hydrogen) atoms. The fraction of sp³-hybridized carbons (Fsp3) is 0.667. The maximum atomic E-state index is 4.37. The highest BCUT2D eigenvalue weighted by Crippen LogP contribution is 2.12. The lowest BCUT2D eigenvalue weighted by Crippen LogP contribution is -2.52. The van der Waals surface area contributed by atoms with Gasteiger partial charge in [-0.3, -0.25) is 9.89 Å². The highest BCUT2D eigenvalue weighted by molar-refractivity contribution is 5.79. The molecule has 1 aromatic rings. The van der Waals surface area contributed by atoms with Crippen LogP contribution in [0.4, 0.5) is 5.69 Å². The van der Waals surface area contributed by atoms with E-state index in [0.717, 1.165) is 64.7 Å². The van der Waals surface area contributed by atoms with Gasteiger partial charge in [0.1, 0.15) is 0 Å². The van der Waals surface area contributed by atoms with Gasteiger partial charge in [-0.1, -0.05) is 18.2 Å². The molecule has 1 aromatic carbocycles. The van der Waals surface area contributed by atoms with Gasteiger partial charge < -0.3 is 20.4 Å². The second kappa shape index (κ2) is 11.8. The number of aliphatic imine (C=N–C) groups is 1. The van der Waals surface area contributed by atoms with Crippen LogP contribution < -0.4 is 15.5 Å². The molecule has 0 aliphatic carbocycles. The van der Waals surface area contributed by atoms with Crippen LogP contribution in [0.3, 0.4) is 0 Å². The van der Waals surface area contributed by atoms with Crippen LogP contribution in [0.2, 0.25) is 0 Å². The summed E-state index contributed by atoms with van der Waals surface area (Å²) in [5.74, 6) is 0.902. The van der Waals surface area contributed by atoms with Crippen molar-refractivity contribution in [3.8, 4) is 0 Å². The number of nitrogens with one attached hydrogen (secondary N) is 2. The van der Waals surface area contributed by atoms with E-state index in [2.05, 4.69) is 81.6 Å². The van der Waals surface area contributed by atoms with E-state index in [1.165, 1.54) is 5.69 Å². The Hall–Kier alpha value is -1.79. The highest BCUT2D eigenvalue weighted by atomic mass is 15.3. The molecule has 0 amide bonds. The predicted octanol–water partition coefficient (Wildman–Crippen LogP) is 1.70. The van der Waals surface area contributed by atoms with Gasteiger partial charge in [0.25, 0.3) is 0 Å². The average molecular weight is 375 g/mol. The van der Waals surface area contributed by atoms with E-state index < -0.39 is 0 Å². The lowest BCUT2D eigenvalue weighted by molar-refractivity contribution is 0.120. The summed E-state index contributed by atoms with van der Waals surface area (Å²) >= 11 is 0. The van der Waals surface area contributed by atoms with Gasteiger partial charge >= 0.3 is 0 Å². The monoisotopic (exact) mass is 374 g/mol. The molecule has 0 radical (unpaired) electrons. The number of nitrogens with zero attached hydrogens (tertiary/aromatic N) is 4. The third-order valence-electron chi connectivity index (χ3n) is 5.35. The molecule has 6 heteroatoms. The van der Waals surface area contributed by atoms with Gasteiger partial charge in [0.2, 0.25) is 0 Å². The first-order valence-electron chi connectivity index (χ1n) is 10.3. The van der Waals surface area contributed by atoms with Crippen molar-refractivity contribution in [3.05, 3.63) is 30.3 Å². The molecule has 1 atom stereocenters. The second-order valence-electron chi connectivity index (χ2n) is 7.34. The number of rotatable bonds is 9. The summed E-state index contributed by atoms with van der Waals surface area (Å²) in [5.41, 5.74) is 1.29. The average Bonchev–Trinajstić information content (AvgIpc) is 2.71. The topological polar surface area (TPSA) is 46.1 Å². The van der Waals surface area contributed by atoms with E-state index >= 15 is 0 Å². The van der Waals surface area contributed by atoms with Gasteiger partial charge in [0.05, 0.1) is 0 Å². The molecular weight excluding hydrogens is 336 g/mol. The molecule has 0 saturated carbocycles. The zero-order valence-corrected chi connectivity index (χ0v) is 17.6. The van der Waals surface area contributed by atoms with Crippen molar-refractivity contribution < 1.29 is 0 Å². The minimum Gasteiger partial charge on any atom is -0.372 e. The molecule has 0 spiro atoms. The molecule has 0 bridgehead atoms. The van der Waals surface area contributed by atoms with Gasteiger partial charge in [0.15, 0.2) is 5.96 Å². The normalized spacial score (nSPS) is 17.6. The molecule has 2 rings (SSSR count). The van der Waals surface area contributed by atoms with Crippen LogP contribution in [0.15, 0.2) is 35.3 Å². The van der Waals surface area contributed by atoms with Crippen molar-refractivity contribution in [1.82, 2.24) is 20.4 Å². The third-order valence-corrected chi connectivity index (χ3v) is 5.35. The summed E-state index contributed by atoms with van der Waals surface area (Å²) in [6.07, 6.45) is 1.08. The molecule has 1 heterocycles. The first-order valence-corrected chi connectivity index (χ1v) is 10.3. The van der Waals surface area contributed by atoms with Gasteiger partial charge in [-0.05, 0) is 39.4 Å². The molecule has 152 valence electrons. The number of hydrogen-bond acceptors (Lipinski definition) is 4. The lowest BCUT2D eigenvalue weighted by atomic mass is 10.2. The number of piperazine rings is 1.